The van der Waals surface area contributed by atoms with Crippen LogP contribution in [0, 0.1) is 11.6 Å². The molecule has 4 aliphatic rings. The number of thiazole rings is 1. The number of hydrogen-bond donors (Lipinski definition) is 2. The van der Waals surface area contributed by atoms with E-state index in [9.17, 15) is 17.6 Å². The summed E-state index contributed by atoms with van der Waals surface area (Å²) in [7, 11) is 0. The molecule has 4 saturated heterocycles. The van der Waals surface area contributed by atoms with E-state index in [1.165, 1.54) is 0 Å². The summed E-state index contributed by atoms with van der Waals surface area (Å²) < 4.78 is 87.6. The van der Waals surface area contributed by atoms with Gasteiger partial charge >= 0.3 is 12.2 Å². The summed E-state index contributed by atoms with van der Waals surface area (Å²) in [6.07, 6.45) is 1.17. The Labute approximate surface area is 252 Å². The molecule has 0 radical (unpaired) electrons. The highest BCUT2D eigenvalue weighted by Gasteiger charge is 2.46. The van der Waals surface area contributed by atoms with E-state index in [2.05, 4.69) is 25.2 Å². The first-order valence-electron chi connectivity index (χ1n) is 14.9. The zero-order valence-electron chi connectivity index (χ0n) is 23.5. The van der Waals surface area contributed by atoms with Gasteiger partial charge in [0.15, 0.2) is 10.9 Å². The SMILES string of the molecule is Nc1nc2c(-c3c(C(F)(F)F)cc4c(OC5CC6CCC5N6)nc(OCC56CCCN5CCC6)nc4c3F)ccc(F)c2s1. The van der Waals surface area contributed by atoms with E-state index >= 15 is 4.39 Å². The largest absolute Gasteiger partial charge is 0.472 e. The van der Waals surface area contributed by atoms with Gasteiger partial charge in [0.05, 0.1) is 26.7 Å². The second kappa shape index (κ2) is 10.1. The third-order valence-corrected chi connectivity index (χ3v) is 10.6. The van der Waals surface area contributed by atoms with Crippen LogP contribution in [0.25, 0.3) is 32.2 Å². The molecule has 6 heterocycles. The van der Waals surface area contributed by atoms with Crippen molar-refractivity contribution in [2.45, 2.75) is 74.8 Å². The first-order chi connectivity index (χ1) is 21.1. The highest BCUT2D eigenvalue weighted by atomic mass is 32.1. The summed E-state index contributed by atoms with van der Waals surface area (Å²) in [6, 6.07) is 2.99. The smallest absolute Gasteiger partial charge is 0.417 e. The van der Waals surface area contributed by atoms with Crippen LogP contribution in [0.15, 0.2) is 18.2 Å². The number of hydrogen-bond acceptors (Lipinski definition) is 9. The number of ether oxygens (including phenoxy) is 2. The van der Waals surface area contributed by atoms with Crippen molar-refractivity contribution in [3.63, 3.8) is 0 Å². The minimum Gasteiger partial charge on any atom is -0.472 e. The number of nitrogens with zero attached hydrogens (tertiary/aromatic N) is 4. The van der Waals surface area contributed by atoms with Crippen molar-refractivity contribution in [3.05, 3.63) is 35.4 Å². The molecular formula is C30H29F5N6O2S. The number of nitrogen functional groups attached to an aromatic ring is 1. The predicted octanol–water partition coefficient (Wildman–Crippen LogP) is 6.06. The van der Waals surface area contributed by atoms with Gasteiger partial charge in [-0.05, 0) is 69.8 Å². The molecular weight excluding hydrogens is 603 g/mol. The summed E-state index contributed by atoms with van der Waals surface area (Å²) in [5.41, 5.74) is 2.77. The summed E-state index contributed by atoms with van der Waals surface area (Å²) in [5.74, 6) is -2.12. The molecule has 3 N–H and O–H groups in total. The summed E-state index contributed by atoms with van der Waals surface area (Å²) in [5, 5.41) is 3.17. The maximum Gasteiger partial charge on any atom is 0.417 e. The summed E-state index contributed by atoms with van der Waals surface area (Å²) in [6.45, 7) is 2.22. The summed E-state index contributed by atoms with van der Waals surface area (Å²) >= 11 is 0.777. The van der Waals surface area contributed by atoms with Crippen LogP contribution >= 0.6 is 11.3 Å². The lowest BCUT2D eigenvalue weighted by molar-refractivity contribution is -0.137. The van der Waals surface area contributed by atoms with E-state index < -0.39 is 28.9 Å². The maximum absolute atomic E-state index is 16.7. The highest BCUT2D eigenvalue weighted by molar-refractivity contribution is 7.22. The van der Waals surface area contributed by atoms with Crippen LogP contribution in [0.5, 0.6) is 11.9 Å². The Morgan fingerprint density at radius 3 is 2.57 bits per heavy atom. The molecule has 232 valence electrons. The number of rotatable bonds is 6. The molecule has 3 unspecified atom stereocenters. The standard InChI is InChI=1S/C30H29F5N6O2S/c31-18-5-4-15(24-25(18)44-27(36)38-24)21-17(30(33,34)35)12-16-23(22(21)32)39-28(42-13-29-7-1-9-41(29)10-2-8-29)40-26(16)43-20-11-14-3-6-19(20)37-14/h4-5,12,14,19-20,37H,1-3,6-11,13H2,(H2,36,38). The van der Waals surface area contributed by atoms with Crippen molar-refractivity contribution >= 4 is 37.6 Å². The molecule has 2 aromatic heterocycles. The molecule has 3 atom stereocenters. The van der Waals surface area contributed by atoms with Crippen LogP contribution in [0.1, 0.15) is 50.5 Å². The normalized spacial score (nSPS) is 24.5. The van der Waals surface area contributed by atoms with Gasteiger partial charge in [0, 0.05) is 29.6 Å². The van der Waals surface area contributed by atoms with Gasteiger partial charge in [0.2, 0.25) is 5.88 Å². The third kappa shape index (κ3) is 4.47. The van der Waals surface area contributed by atoms with Gasteiger partial charge in [-0.2, -0.15) is 23.1 Å². The fourth-order valence-corrected chi connectivity index (χ4v) is 8.49. The van der Waals surface area contributed by atoms with Crippen LogP contribution in [-0.4, -0.2) is 63.3 Å². The Hall–Kier alpha value is -3.36. The van der Waals surface area contributed by atoms with Crippen LogP contribution in [0.2, 0.25) is 0 Å². The van der Waals surface area contributed by atoms with Gasteiger partial charge in [-0.3, -0.25) is 4.90 Å². The topological polar surface area (TPSA) is 98.4 Å². The average molecular weight is 633 g/mol. The molecule has 4 aliphatic heterocycles. The highest BCUT2D eigenvalue weighted by Crippen LogP contribution is 2.47. The van der Waals surface area contributed by atoms with Crippen molar-refractivity contribution in [2.75, 3.05) is 25.4 Å². The fraction of sp³-hybridized carbons (Fsp3) is 0.500. The van der Waals surface area contributed by atoms with E-state index in [1.807, 2.05) is 0 Å². The zero-order valence-corrected chi connectivity index (χ0v) is 24.3. The lowest BCUT2D eigenvalue weighted by Gasteiger charge is -2.31. The van der Waals surface area contributed by atoms with Gasteiger partial charge in [-0.15, -0.1) is 0 Å². The lowest BCUT2D eigenvalue weighted by atomic mass is 9.95. The summed E-state index contributed by atoms with van der Waals surface area (Å²) in [4.78, 5) is 15.2. The number of anilines is 1. The second-order valence-corrected chi connectivity index (χ2v) is 13.3. The van der Waals surface area contributed by atoms with Gasteiger partial charge < -0.3 is 20.5 Å². The van der Waals surface area contributed by atoms with Crippen LogP contribution in [0.4, 0.5) is 27.1 Å². The molecule has 4 aromatic rings. The van der Waals surface area contributed by atoms with Gasteiger partial charge in [0.1, 0.15) is 24.0 Å². The Balaban J connectivity index is 1.30. The van der Waals surface area contributed by atoms with E-state index in [0.29, 0.717) is 6.42 Å². The number of halogens is 5. The Morgan fingerprint density at radius 2 is 1.86 bits per heavy atom. The molecule has 2 bridgehead atoms. The zero-order chi connectivity index (χ0) is 30.4. The molecule has 8 nitrogen and oxygen atoms in total. The molecule has 4 fully saturated rings. The molecule has 0 aliphatic carbocycles. The molecule has 8 rings (SSSR count). The molecule has 2 aromatic carbocycles. The third-order valence-electron chi connectivity index (χ3n) is 9.75. The van der Waals surface area contributed by atoms with Crippen molar-refractivity contribution < 1.29 is 31.4 Å². The van der Waals surface area contributed by atoms with Gasteiger partial charge in [-0.25, -0.2) is 13.8 Å². The monoisotopic (exact) mass is 632 g/mol. The molecule has 44 heavy (non-hydrogen) atoms. The van der Waals surface area contributed by atoms with Crippen molar-refractivity contribution in [1.29, 1.82) is 0 Å². The second-order valence-electron chi connectivity index (χ2n) is 12.3. The number of nitrogens with one attached hydrogen (secondary N) is 1. The van der Waals surface area contributed by atoms with E-state index in [-0.39, 0.29) is 74.0 Å². The Kier molecular flexibility index (Phi) is 6.44. The first-order valence-corrected chi connectivity index (χ1v) is 15.7. The average Bonchev–Trinajstić information content (AvgIpc) is 3.79. The Bertz CT molecular complexity index is 1790. The predicted molar refractivity (Wildman–Crippen MR) is 155 cm³/mol. The van der Waals surface area contributed by atoms with E-state index in [0.717, 1.165) is 81.2 Å². The van der Waals surface area contributed by atoms with Gasteiger partial charge in [0.25, 0.3) is 0 Å². The molecule has 0 amide bonds. The van der Waals surface area contributed by atoms with Gasteiger partial charge in [-0.1, -0.05) is 11.3 Å². The number of aromatic nitrogens is 3. The van der Waals surface area contributed by atoms with Crippen molar-refractivity contribution in [3.8, 4) is 23.0 Å². The maximum atomic E-state index is 16.7. The molecule has 0 saturated carbocycles. The Morgan fingerprint density at radius 1 is 1.07 bits per heavy atom. The molecule has 0 spiro atoms. The van der Waals surface area contributed by atoms with E-state index in [1.54, 1.807) is 0 Å². The fourth-order valence-electron chi connectivity index (χ4n) is 7.72. The number of nitrogens with two attached hydrogens (primary N) is 1. The van der Waals surface area contributed by atoms with Crippen molar-refractivity contribution in [1.82, 2.24) is 25.2 Å². The number of benzene rings is 2. The quantitative estimate of drug-likeness (QED) is 0.248. The number of fused-ring (bicyclic) bond motifs is 5. The minimum absolute atomic E-state index is 0.0210. The minimum atomic E-state index is -4.99. The van der Waals surface area contributed by atoms with E-state index in [4.69, 9.17) is 15.2 Å². The van der Waals surface area contributed by atoms with Crippen LogP contribution in [-0.2, 0) is 6.18 Å². The lowest BCUT2D eigenvalue weighted by Crippen LogP contribution is -2.43. The van der Waals surface area contributed by atoms with Crippen LogP contribution < -0.4 is 20.5 Å². The molecule has 14 heteroatoms. The first kappa shape index (κ1) is 28.1. The number of alkyl halides is 3. The van der Waals surface area contributed by atoms with Crippen molar-refractivity contribution in [2.24, 2.45) is 0 Å². The van der Waals surface area contributed by atoms with Crippen LogP contribution in [0.3, 0.4) is 0 Å².